The summed E-state index contributed by atoms with van der Waals surface area (Å²) in [6.07, 6.45) is -1.54. The molecule has 37 heavy (non-hydrogen) atoms. The van der Waals surface area contributed by atoms with Gasteiger partial charge in [-0.05, 0) is 86.2 Å². The van der Waals surface area contributed by atoms with Gasteiger partial charge in [0.15, 0.2) is 5.11 Å². The van der Waals surface area contributed by atoms with Crippen molar-refractivity contribution in [3.63, 3.8) is 0 Å². The van der Waals surface area contributed by atoms with Gasteiger partial charge in [0.2, 0.25) is 0 Å². The molecule has 0 bridgehead atoms. The third-order valence-corrected chi connectivity index (χ3v) is 6.05. The highest BCUT2D eigenvalue weighted by molar-refractivity contribution is 7.80. The number of halogens is 3. The molecule has 1 aromatic heterocycles. The maximum absolute atomic E-state index is 13.3. The lowest BCUT2D eigenvalue weighted by Gasteiger charge is -2.29. The fourth-order valence-corrected chi connectivity index (χ4v) is 4.33. The number of aromatic nitrogens is 1. The molecule has 4 rings (SSSR count). The maximum Gasteiger partial charge on any atom is 0.416 e. The van der Waals surface area contributed by atoms with E-state index in [4.69, 9.17) is 17.0 Å². The van der Waals surface area contributed by atoms with Crippen LogP contribution in [0, 0.1) is 13.8 Å². The molecule has 0 saturated carbocycles. The van der Waals surface area contributed by atoms with Gasteiger partial charge in [-0.2, -0.15) is 13.2 Å². The van der Waals surface area contributed by atoms with Crippen LogP contribution in [0.25, 0.3) is 11.8 Å². The summed E-state index contributed by atoms with van der Waals surface area (Å²) < 4.78 is 47.1. The van der Waals surface area contributed by atoms with Crippen molar-refractivity contribution in [1.82, 2.24) is 9.88 Å². The van der Waals surface area contributed by atoms with Crippen LogP contribution in [-0.2, 0) is 15.8 Å². The van der Waals surface area contributed by atoms with Crippen LogP contribution in [0.15, 0.2) is 72.8 Å². The number of aryl methyl sites for hydroxylation is 1. The molecular weight excluding hydrogens is 503 g/mol. The Kier molecular flexibility index (Phi) is 7.04. The number of carbonyl (C=O) groups is 2. The normalized spacial score (nSPS) is 15.2. The number of thiocarbonyl (C=S) groups is 1. The van der Waals surface area contributed by atoms with Crippen molar-refractivity contribution in [1.29, 1.82) is 0 Å². The number of hydrogen-bond donors (Lipinski definition) is 1. The van der Waals surface area contributed by atoms with Gasteiger partial charge in [-0.25, -0.2) is 0 Å². The second-order valence-electron chi connectivity index (χ2n) is 8.26. The summed E-state index contributed by atoms with van der Waals surface area (Å²) in [6, 6.07) is 13.4. The first kappa shape index (κ1) is 25.9. The summed E-state index contributed by atoms with van der Waals surface area (Å²) >= 11 is 5.11. The van der Waals surface area contributed by atoms with Gasteiger partial charge in [0.05, 0.1) is 11.3 Å². The molecule has 2 heterocycles. The number of anilines is 1. The Morgan fingerprint density at radius 3 is 2.41 bits per heavy atom. The van der Waals surface area contributed by atoms with Crippen LogP contribution in [0.1, 0.15) is 22.5 Å². The van der Waals surface area contributed by atoms with Crippen molar-refractivity contribution in [3.05, 3.63) is 95.3 Å². The molecule has 0 radical (unpaired) electrons. The fraction of sp³-hybridized carbons (Fsp3) is 0.148. The van der Waals surface area contributed by atoms with Gasteiger partial charge in [-0.3, -0.25) is 19.8 Å². The highest BCUT2D eigenvalue weighted by atomic mass is 32.1. The van der Waals surface area contributed by atoms with Gasteiger partial charge < -0.3 is 9.30 Å². The summed E-state index contributed by atoms with van der Waals surface area (Å²) in [5.41, 5.74) is 1.76. The average molecular weight is 526 g/mol. The zero-order valence-corrected chi connectivity index (χ0v) is 20.7. The molecule has 2 amide bonds. The van der Waals surface area contributed by atoms with Gasteiger partial charge in [0.1, 0.15) is 17.9 Å². The van der Waals surface area contributed by atoms with Gasteiger partial charge in [0.25, 0.3) is 11.8 Å². The van der Waals surface area contributed by atoms with E-state index < -0.39 is 23.6 Å². The molecule has 2 aromatic carbocycles. The quantitative estimate of drug-likeness (QED) is 0.200. The predicted octanol–water partition coefficient (Wildman–Crippen LogP) is 5.51. The number of rotatable bonds is 6. The van der Waals surface area contributed by atoms with Crippen molar-refractivity contribution in [2.24, 2.45) is 0 Å². The number of nitrogens with one attached hydrogen (secondary N) is 1. The highest BCUT2D eigenvalue weighted by Crippen LogP contribution is 2.33. The molecule has 190 valence electrons. The third-order valence-electron chi connectivity index (χ3n) is 5.77. The van der Waals surface area contributed by atoms with E-state index in [0.717, 1.165) is 34.1 Å². The van der Waals surface area contributed by atoms with Crippen molar-refractivity contribution in [2.75, 3.05) is 11.5 Å². The SMILES string of the molecule is C=CCOc1ccc(-n2c(C)cc(/C=C3\C(=O)NC(=S)N(c4cccc(C(F)(F)F)c4)C3=O)c2C)cc1. The number of amides is 2. The first-order valence-corrected chi connectivity index (χ1v) is 11.5. The second kappa shape index (κ2) is 10.1. The lowest BCUT2D eigenvalue weighted by molar-refractivity contribution is -0.137. The maximum atomic E-state index is 13.3. The Hall–Kier alpha value is -4.18. The van der Waals surface area contributed by atoms with E-state index in [-0.39, 0.29) is 16.4 Å². The van der Waals surface area contributed by atoms with Crippen LogP contribution in [0.5, 0.6) is 5.75 Å². The largest absolute Gasteiger partial charge is 0.490 e. The summed E-state index contributed by atoms with van der Waals surface area (Å²) in [5, 5.41) is 2.11. The highest BCUT2D eigenvalue weighted by Gasteiger charge is 2.36. The number of ether oxygens (including phenoxy) is 1. The van der Waals surface area contributed by atoms with E-state index >= 15 is 0 Å². The minimum absolute atomic E-state index is 0.0973. The van der Waals surface area contributed by atoms with Gasteiger partial charge >= 0.3 is 6.18 Å². The number of nitrogens with zero attached hydrogens (tertiary/aromatic N) is 2. The van der Waals surface area contributed by atoms with Crippen molar-refractivity contribution >= 4 is 40.9 Å². The second-order valence-corrected chi connectivity index (χ2v) is 8.65. The molecule has 6 nitrogen and oxygen atoms in total. The number of benzene rings is 2. The predicted molar refractivity (Wildman–Crippen MR) is 139 cm³/mol. The fourth-order valence-electron chi connectivity index (χ4n) is 4.05. The standard InChI is InChI=1S/C27H22F3N3O3S/c1-4-12-36-22-10-8-20(9-11-22)32-16(2)13-18(17(32)3)14-23-24(34)31-26(37)33(25(23)35)21-7-5-6-19(15-21)27(28,29)30/h4-11,13-15H,1,12H2,2-3H3,(H,31,34,37)/b23-14+. The van der Waals surface area contributed by atoms with Crippen LogP contribution in [0.2, 0.25) is 0 Å². The number of carbonyl (C=O) groups excluding carboxylic acids is 2. The zero-order valence-electron chi connectivity index (χ0n) is 19.9. The van der Waals surface area contributed by atoms with E-state index in [1.807, 2.05) is 48.7 Å². The molecule has 3 aromatic rings. The van der Waals surface area contributed by atoms with Gasteiger partial charge in [-0.15, -0.1) is 0 Å². The molecule has 1 fully saturated rings. The summed E-state index contributed by atoms with van der Waals surface area (Å²) in [6.45, 7) is 7.72. The van der Waals surface area contributed by atoms with Gasteiger partial charge in [0, 0.05) is 17.1 Å². The Morgan fingerprint density at radius 1 is 1.05 bits per heavy atom. The Bertz CT molecular complexity index is 1440. The molecule has 0 aliphatic carbocycles. The molecule has 10 heteroatoms. The molecule has 0 spiro atoms. The Morgan fingerprint density at radius 2 is 1.76 bits per heavy atom. The van der Waals surface area contributed by atoms with Crippen LogP contribution < -0.4 is 15.0 Å². The smallest absolute Gasteiger partial charge is 0.416 e. The molecule has 0 unspecified atom stereocenters. The Labute approximate surface area is 216 Å². The van der Waals surface area contributed by atoms with Crippen molar-refractivity contribution in [3.8, 4) is 11.4 Å². The first-order chi connectivity index (χ1) is 17.5. The summed E-state index contributed by atoms with van der Waals surface area (Å²) in [7, 11) is 0. The number of hydrogen-bond acceptors (Lipinski definition) is 4. The van der Waals surface area contributed by atoms with Gasteiger partial charge in [-0.1, -0.05) is 18.7 Å². The summed E-state index contributed by atoms with van der Waals surface area (Å²) in [5.74, 6) is -0.864. The van der Waals surface area contributed by atoms with Crippen molar-refractivity contribution < 1.29 is 27.5 Å². The first-order valence-electron chi connectivity index (χ1n) is 11.1. The monoisotopic (exact) mass is 525 g/mol. The topological polar surface area (TPSA) is 63.6 Å². The Balaban J connectivity index is 1.70. The lowest BCUT2D eigenvalue weighted by atomic mass is 10.1. The van der Waals surface area contributed by atoms with E-state index in [0.29, 0.717) is 17.9 Å². The van der Waals surface area contributed by atoms with Crippen LogP contribution in [-0.4, -0.2) is 28.1 Å². The van der Waals surface area contributed by atoms with E-state index in [1.54, 1.807) is 6.08 Å². The van der Waals surface area contributed by atoms with E-state index in [9.17, 15) is 22.8 Å². The molecule has 0 atom stereocenters. The number of alkyl halides is 3. The van der Waals surface area contributed by atoms with Crippen LogP contribution in [0.4, 0.5) is 18.9 Å². The van der Waals surface area contributed by atoms with Crippen molar-refractivity contribution in [2.45, 2.75) is 20.0 Å². The molecule has 1 N–H and O–H groups in total. The van der Waals surface area contributed by atoms with Crippen LogP contribution in [0.3, 0.4) is 0 Å². The van der Waals surface area contributed by atoms with E-state index in [2.05, 4.69) is 11.9 Å². The molecular formula is C27H22F3N3O3S. The third kappa shape index (κ3) is 5.19. The van der Waals surface area contributed by atoms with E-state index in [1.165, 1.54) is 18.2 Å². The molecule has 1 saturated heterocycles. The minimum atomic E-state index is -4.61. The average Bonchev–Trinajstić information content (AvgIpc) is 3.13. The lowest BCUT2D eigenvalue weighted by Crippen LogP contribution is -2.54. The zero-order chi connectivity index (χ0) is 26.9. The van der Waals surface area contributed by atoms with Crippen LogP contribution >= 0.6 is 12.2 Å². The molecule has 1 aliphatic heterocycles. The summed E-state index contributed by atoms with van der Waals surface area (Å²) in [4.78, 5) is 26.9. The minimum Gasteiger partial charge on any atom is -0.490 e. The molecule has 1 aliphatic rings.